The molecule has 33 heavy (non-hydrogen) atoms. The lowest BCUT2D eigenvalue weighted by atomic mass is 9.96. The molecule has 0 aliphatic heterocycles. The van der Waals surface area contributed by atoms with Crippen LogP contribution in [0.2, 0.25) is 0 Å². The average molecular weight is 423 g/mol. The summed E-state index contributed by atoms with van der Waals surface area (Å²) < 4.78 is 0. The lowest BCUT2D eigenvalue weighted by Gasteiger charge is -2.14. The van der Waals surface area contributed by atoms with Gasteiger partial charge in [-0.05, 0) is 40.5 Å². The van der Waals surface area contributed by atoms with Crippen LogP contribution in [0.4, 0.5) is 0 Å². The maximum absolute atomic E-state index is 5.12. The standard InChI is InChI=1S/C31H22N2/c1-21-30(25-18-16-23(17-19-25)22-10-4-2-5-11-22)33-28-20-26-14-8-9-15-27(26)29(31(28)32-21)24-12-6-3-7-13-24/h2-20H,1H3. The number of rotatable bonds is 3. The highest BCUT2D eigenvalue weighted by molar-refractivity contribution is 6.10. The zero-order chi connectivity index (χ0) is 22.2. The molecule has 2 nitrogen and oxygen atoms in total. The third-order valence-electron chi connectivity index (χ3n) is 6.18. The zero-order valence-corrected chi connectivity index (χ0v) is 18.4. The minimum Gasteiger partial charge on any atom is -0.249 e. The summed E-state index contributed by atoms with van der Waals surface area (Å²) in [6, 6.07) is 40.2. The molecular formula is C31H22N2. The van der Waals surface area contributed by atoms with Gasteiger partial charge in [0.05, 0.1) is 22.4 Å². The fraction of sp³-hybridized carbons (Fsp3) is 0.0323. The first-order valence-electron chi connectivity index (χ1n) is 11.2. The van der Waals surface area contributed by atoms with E-state index < -0.39 is 0 Å². The number of benzene rings is 5. The smallest absolute Gasteiger partial charge is 0.0975 e. The van der Waals surface area contributed by atoms with Crippen LogP contribution in [0, 0.1) is 6.92 Å². The van der Waals surface area contributed by atoms with Gasteiger partial charge in [0.15, 0.2) is 0 Å². The lowest BCUT2D eigenvalue weighted by molar-refractivity contribution is 1.19. The van der Waals surface area contributed by atoms with Crippen molar-refractivity contribution in [3.8, 4) is 33.5 Å². The molecular weight excluding hydrogens is 400 g/mol. The van der Waals surface area contributed by atoms with Crippen molar-refractivity contribution in [2.45, 2.75) is 6.92 Å². The molecule has 6 rings (SSSR count). The Morgan fingerprint density at radius 1 is 0.515 bits per heavy atom. The predicted molar refractivity (Wildman–Crippen MR) is 138 cm³/mol. The van der Waals surface area contributed by atoms with Gasteiger partial charge in [0.25, 0.3) is 0 Å². The van der Waals surface area contributed by atoms with E-state index in [1.165, 1.54) is 21.9 Å². The van der Waals surface area contributed by atoms with E-state index in [9.17, 15) is 0 Å². The van der Waals surface area contributed by atoms with E-state index in [2.05, 4.69) is 110 Å². The molecule has 0 unspecified atom stereocenters. The van der Waals surface area contributed by atoms with Gasteiger partial charge in [-0.2, -0.15) is 0 Å². The first kappa shape index (κ1) is 19.4. The van der Waals surface area contributed by atoms with E-state index >= 15 is 0 Å². The number of fused-ring (bicyclic) bond motifs is 2. The van der Waals surface area contributed by atoms with Crippen LogP contribution in [-0.4, -0.2) is 9.97 Å². The quantitative estimate of drug-likeness (QED) is 0.269. The molecule has 0 saturated heterocycles. The molecule has 0 amide bonds. The van der Waals surface area contributed by atoms with Crippen LogP contribution in [0.25, 0.3) is 55.3 Å². The normalized spacial score (nSPS) is 11.2. The van der Waals surface area contributed by atoms with E-state index in [-0.39, 0.29) is 0 Å². The van der Waals surface area contributed by atoms with Gasteiger partial charge in [0.1, 0.15) is 0 Å². The minimum absolute atomic E-state index is 0.917. The average Bonchev–Trinajstić information content (AvgIpc) is 2.88. The molecule has 2 heteroatoms. The van der Waals surface area contributed by atoms with Crippen LogP contribution in [0.3, 0.4) is 0 Å². The Kier molecular flexibility index (Phi) is 4.70. The number of hydrogen-bond donors (Lipinski definition) is 0. The molecule has 0 fully saturated rings. The molecule has 0 spiro atoms. The monoisotopic (exact) mass is 422 g/mol. The van der Waals surface area contributed by atoms with E-state index in [0.717, 1.165) is 39.1 Å². The molecule has 0 N–H and O–H groups in total. The summed E-state index contributed by atoms with van der Waals surface area (Å²) in [5.74, 6) is 0. The fourth-order valence-electron chi connectivity index (χ4n) is 4.56. The maximum Gasteiger partial charge on any atom is 0.0975 e. The van der Waals surface area contributed by atoms with E-state index in [1.807, 2.05) is 12.1 Å². The first-order chi connectivity index (χ1) is 16.3. The van der Waals surface area contributed by atoms with Gasteiger partial charge in [0, 0.05) is 11.1 Å². The van der Waals surface area contributed by atoms with Crippen molar-refractivity contribution in [3.05, 3.63) is 121 Å². The van der Waals surface area contributed by atoms with Crippen molar-refractivity contribution in [3.63, 3.8) is 0 Å². The molecule has 0 atom stereocenters. The second-order valence-corrected chi connectivity index (χ2v) is 8.31. The second-order valence-electron chi connectivity index (χ2n) is 8.31. The molecule has 0 bridgehead atoms. The van der Waals surface area contributed by atoms with E-state index in [1.54, 1.807) is 0 Å². The van der Waals surface area contributed by atoms with Gasteiger partial charge in [-0.3, -0.25) is 0 Å². The topological polar surface area (TPSA) is 25.8 Å². The Morgan fingerprint density at radius 3 is 1.82 bits per heavy atom. The Labute approximate surface area is 193 Å². The van der Waals surface area contributed by atoms with Gasteiger partial charge in [-0.15, -0.1) is 0 Å². The Hall–Kier alpha value is -4.30. The van der Waals surface area contributed by atoms with Crippen molar-refractivity contribution in [1.82, 2.24) is 9.97 Å². The summed E-state index contributed by atoms with van der Waals surface area (Å²) in [5.41, 5.74) is 9.52. The number of hydrogen-bond acceptors (Lipinski definition) is 2. The Bertz CT molecular complexity index is 1590. The zero-order valence-electron chi connectivity index (χ0n) is 18.4. The summed E-state index contributed by atoms with van der Waals surface area (Å²) in [6.45, 7) is 2.05. The molecule has 1 aromatic heterocycles. The lowest BCUT2D eigenvalue weighted by Crippen LogP contribution is -1.97. The number of nitrogens with zero attached hydrogens (tertiary/aromatic N) is 2. The number of aryl methyl sites for hydroxylation is 1. The van der Waals surface area contributed by atoms with Crippen molar-refractivity contribution in [2.75, 3.05) is 0 Å². The van der Waals surface area contributed by atoms with Crippen molar-refractivity contribution in [2.24, 2.45) is 0 Å². The van der Waals surface area contributed by atoms with Crippen LogP contribution >= 0.6 is 0 Å². The van der Waals surface area contributed by atoms with Crippen LogP contribution in [0.15, 0.2) is 115 Å². The Balaban J connectivity index is 1.54. The van der Waals surface area contributed by atoms with Gasteiger partial charge in [-0.25, -0.2) is 9.97 Å². The second kappa shape index (κ2) is 7.99. The summed E-state index contributed by atoms with van der Waals surface area (Å²) in [7, 11) is 0. The van der Waals surface area contributed by atoms with Crippen molar-refractivity contribution in [1.29, 1.82) is 0 Å². The summed E-state index contributed by atoms with van der Waals surface area (Å²) >= 11 is 0. The van der Waals surface area contributed by atoms with Crippen LogP contribution in [0.5, 0.6) is 0 Å². The third-order valence-corrected chi connectivity index (χ3v) is 6.18. The van der Waals surface area contributed by atoms with Crippen molar-refractivity contribution >= 4 is 21.8 Å². The summed E-state index contributed by atoms with van der Waals surface area (Å²) in [6.07, 6.45) is 0. The van der Waals surface area contributed by atoms with E-state index in [4.69, 9.17) is 9.97 Å². The van der Waals surface area contributed by atoms with Crippen LogP contribution < -0.4 is 0 Å². The highest BCUT2D eigenvalue weighted by Gasteiger charge is 2.15. The summed E-state index contributed by atoms with van der Waals surface area (Å²) in [5, 5.41) is 2.37. The number of aromatic nitrogens is 2. The van der Waals surface area contributed by atoms with Gasteiger partial charge in [0.2, 0.25) is 0 Å². The Morgan fingerprint density at radius 2 is 1.09 bits per heavy atom. The molecule has 0 aliphatic carbocycles. The molecule has 0 saturated carbocycles. The SMILES string of the molecule is Cc1nc2c(-c3ccccc3)c3ccccc3cc2nc1-c1ccc(-c2ccccc2)cc1. The van der Waals surface area contributed by atoms with Gasteiger partial charge in [-0.1, -0.05) is 109 Å². The molecule has 6 aromatic rings. The molecule has 1 heterocycles. The predicted octanol–water partition coefficient (Wildman–Crippen LogP) is 8.09. The molecule has 0 aliphatic rings. The van der Waals surface area contributed by atoms with Gasteiger partial charge < -0.3 is 0 Å². The highest BCUT2D eigenvalue weighted by atomic mass is 14.8. The van der Waals surface area contributed by atoms with Crippen LogP contribution in [0.1, 0.15) is 5.69 Å². The highest BCUT2D eigenvalue weighted by Crippen LogP contribution is 2.36. The third kappa shape index (κ3) is 3.46. The van der Waals surface area contributed by atoms with Gasteiger partial charge >= 0.3 is 0 Å². The summed E-state index contributed by atoms with van der Waals surface area (Å²) in [4.78, 5) is 10.2. The maximum atomic E-state index is 5.12. The molecule has 156 valence electrons. The molecule has 5 aromatic carbocycles. The van der Waals surface area contributed by atoms with Crippen LogP contribution in [-0.2, 0) is 0 Å². The fourth-order valence-corrected chi connectivity index (χ4v) is 4.56. The van der Waals surface area contributed by atoms with Crippen molar-refractivity contribution < 1.29 is 0 Å². The minimum atomic E-state index is 0.917. The van der Waals surface area contributed by atoms with E-state index in [0.29, 0.717) is 0 Å². The molecule has 0 radical (unpaired) electrons. The largest absolute Gasteiger partial charge is 0.249 e. The first-order valence-corrected chi connectivity index (χ1v) is 11.2.